The van der Waals surface area contributed by atoms with Crippen LogP contribution >= 0.6 is 0 Å². The fourth-order valence-corrected chi connectivity index (χ4v) is 10.3. The van der Waals surface area contributed by atoms with Gasteiger partial charge in [0, 0.05) is 16.7 Å². The Balaban J connectivity index is 1.06. The van der Waals surface area contributed by atoms with Gasteiger partial charge in [-0.1, -0.05) is 212 Å². The van der Waals surface area contributed by atoms with E-state index in [1.54, 1.807) is 0 Å². The third kappa shape index (κ3) is 6.99. The molecule has 68 heavy (non-hydrogen) atoms. The van der Waals surface area contributed by atoms with Crippen molar-refractivity contribution in [2.24, 2.45) is 0 Å². The average Bonchev–Trinajstić information content (AvgIpc) is 3.43. The van der Waals surface area contributed by atoms with Gasteiger partial charge in [0.1, 0.15) is 0 Å². The minimum absolute atomic E-state index is 0.667. The first-order valence-corrected chi connectivity index (χ1v) is 23.3. The maximum atomic E-state index is 5.50. The molecular formula is C66H42N2. The monoisotopic (exact) mass is 862 g/mol. The van der Waals surface area contributed by atoms with Crippen LogP contribution in [0, 0.1) is 0 Å². The van der Waals surface area contributed by atoms with Gasteiger partial charge in [-0.15, -0.1) is 0 Å². The Morgan fingerprint density at radius 1 is 0.191 bits per heavy atom. The fourth-order valence-electron chi connectivity index (χ4n) is 10.3. The molecule has 12 aromatic carbocycles. The van der Waals surface area contributed by atoms with E-state index in [0.717, 1.165) is 61.5 Å². The second kappa shape index (κ2) is 16.5. The third-order valence-corrected chi connectivity index (χ3v) is 13.6. The number of rotatable bonds is 7. The van der Waals surface area contributed by atoms with Gasteiger partial charge in [-0.05, 0) is 141 Å². The molecule has 1 aromatic heterocycles. The molecule has 0 aliphatic rings. The Morgan fingerprint density at radius 3 is 1.28 bits per heavy atom. The van der Waals surface area contributed by atoms with E-state index in [2.05, 4.69) is 255 Å². The topological polar surface area (TPSA) is 25.8 Å². The molecule has 0 atom stereocenters. The van der Waals surface area contributed by atoms with E-state index in [4.69, 9.17) is 9.97 Å². The summed E-state index contributed by atoms with van der Waals surface area (Å²) in [6.45, 7) is 0. The van der Waals surface area contributed by atoms with Gasteiger partial charge in [-0.3, -0.25) is 0 Å². The molecule has 0 saturated heterocycles. The summed E-state index contributed by atoms with van der Waals surface area (Å²) in [6.07, 6.45) is 0. The van der Waals surface area contributed by atoms with Crippen LogP contribution in [0.5, 0.6) is 0 Å². The molecule has 0 spiro atoms. The van der Waals surface area contributed by atoms with E-state index in [1.807, 2.05) is 0 Å². The van der Waals surface area contributed by atoms with Crippen molar-refractivity contribution in [2.75, 3.05) is 0 Å². The molecular weight excluding hydrogens is 821 g/mol. The number of hydrogen-bond donors (Lipinski definition) is 0. The summed E-state index contributed by atoms with van der Waals surface area (Å²) >= 11 is 0. The summed E-state index contributed by atoms with van der Waals surface area (Å²) in [7, 11) is 0. The van der Waals surface area contributed by atoms with Gasteiger partial charge in [-0.25, -0.2) is 9.97 Å². The fraction of sp³-hybridized carbons (Fsp3) is 0. The zero-order valence-corrected chi connectivity index (χ0v) is 37.1. The van der Waals surface area contributed by atoms with Crippen LogP contribution in [0.3, 0.4) is 0 Å². The molecule has 1 heterocycles. The number of nitrogens with zero attached hydrogens (tertiary/aromatic N) is 2. The first-order chi connectivity index (χ1) is 33.7. The van der Waals surface area contributed by atoms with Crippen LogP contribution in [0.15, 0.2) is 255 Å². The standard InChI is InChI=1S/C66H42N2/c1-3-16-43(17-4-1)45-30-32-46(33-31-45)64-42-65(50-22-15-21-47(36-50)44-18-5-2-6-19-44)68-66(67-64)53-38-51(37-52(39-53)62-41-49-20-7-8-23-54(49)55-24-9-13-28-59(55)62)48-34-35-61-58-27-11-10-25-56(58)57-26-12-14-29-60(57)63(61)40-48/h1-42H. The highest BCUT2D eigenvalue weighted by Gasteiger charge is 2.18. The van der Waals surface area contributed by atoms with Gasteiger partial charge >= 0.3 is 0 Å². The lowest BCUT2D eigenvalue weighted by Gasteiger charge is -2.16. The van der Waals surface area contributed by atoms with E-state index in [9.17, 15) is 0 Å². The summed E-state index contributed by atoms with van der Waals surface area (Å²) < 4.78 is 0. The number of aromatic nitrogens is 2. The van der Waals surface area contributed by atoms with E-state index < -0.39 is 0 Å². The molecule has 0 saturated carbocycles. The maximum absolute atomic E-state index is 5.50. The molecule has 0 radical (unpaired) electrons. The summed E-state index contributed by atoms with van der Waals surface area (Å²) in [4.78, 5) is 11.0. The normalized spacial score (nSPS) is 11.5. The van der Waals surface area contributed by atoms with Crippen molar-refractivity contribution in [1.82, 2.24) is 9.97 Å². The Hall–Kier alpha value is -8.98. The van der Waals surface area contributed by atoms with Crippen LogP contribution < -0.4 is 0 Å². The zero-order chi connectivity index (χ0) is 45.0. The summed E-state index contributed by atoms with van der Waals surface area (Å²) in [5, 5.41) is 12.4. The lowest BCUT2D eigenvalue weighted by atomic mass is 9.89. The second-order valence-corrected chi connectivity index (χ2v) is 17.7. The van der Waals surface area contributed by atoms with Gasteiger partial charge in [0.25, 0.3) is 0 Å². The van der Waals surface area contributed by atoms with Gasteiger partial charge in [0.05, 0.1) is 11.4 Å². The first kappa shape index (κ1) is 39.4. The van der Waals surface area contributed by atoms with Gasteiger partial charge in [0.2, 0.25) is 0 Å². The number of benzene rings is 12. The second-order valence-electron chi connectivity index (χ2n) is 17.7. The molecule has 13 rings (SSSR count). The van der Waals surface area contributed by atoms with Crippen molar-refractivity contribution >= 4 is 53.9 Å². The van der Waals surface area contributed by atoms with E-state index >= 15 is 0 Å². The van der Waals surface area contributed by atoms with Crippen LogP contribution in [-0.4, -0.2) is 9.97 Å². The summed E-state index contributed by atoms with van der Waals surface area (Å²) in [6, 6.07) is 92.1. The van der Waals surface area contributed by atoms with Gasteiger partial charge in [0.15, 0.2) is 5.82 Å². The molecule has 316 valence electrons. The van der Waals surface area contributed by atoms with Crippen LogP contribution in [0.2, 0.25) is 0 Å². The van der Waals surface area contributed by atoms with E-state index in [-0.39, 0.29) is 0 Å². The lowest BCUT2D eigenvalue weighted by Crippen LogP contribution is -1.97. The quantitative estimate of drug-likeness (QED) is 0.149. The van der Waals surface area contributed by atoms with Crippen molar-refractivity contribution in [3.05, 3.63) is 255 Å². The molecule has 0 amide bonds. The molecule has 0 aliphatic heterocycles. The molecule has 0 N–H and O–H groups in total. The highest BCUT2D eigenvalue weighted by molar-refractivity contribution is 6.26. The molecule has 13 aromatic rings. The Labute approximate surface area is 395 Å². The Kier molecular flexibility index (Phi) is 9.54. The van der Waals surface area contributed by atoms with E-state index in [0.29, 0.717) is 5.82 Å². The highest BCUT2D eigenvalue weighted by atomic mass is 14.9. The van der Waals surface area contributed by atoms with Crippen molar-refractivity contribution < 1.29 is 0 Å². The predicted octanol–water partition coefficient (Wildman–Crippen LogP) is 17.9. The van der Waals surface area contributed by atoms with Crippen molar-refractivity contribution in [2.45, 2.75) is 0 Å². The zero-order valence-electron chi connectivity index (χ0n) is 37.1. The minimum Gasteiger partial charge on any atom is -0.228 e. The third-order valence-electron chi connectivity index (χ3n) is 13.6. The van der Waals surface area contributed by atoms with Gasteiger partial charge < -0.3 is 0 Å². The van der Waals surface area contributed by atoms with Crippen LogP contribution in [0.4, 0.5) is 0 Å². The smallest absolute Gasteiger partial charge is 0.160 e. The molecule has 0 unspecified atom stereocenters. The lowest BCUT2D eigenvalue weighted by molar-refractivity contribution is 1.18. The summed E-state index contributed by atoms with van der Waals surface area (Å²) in [5.41, 5.74) is 13.9. The van der Waals surface area contributed by atoms with Crippen molar-refractivity contribution in [3.8, 4) is 78.4 Å². The van der Waals surface area contributed by atoms with Gasteiger partial charge in [-0.2, -0.15) is 0 Å². The molecule has 0 bridgehead atoms. The molecule has 2 nitrogen and oxygen atoms in total. The summed E-state index contributed by atoms with van der Waals surface area (Å²) in [5.74, 6) is 0.667. The number of hydrogen-bond acceptors (Lipinski definition) is 2. The molecule has 2 heteroatoms. The van der Waals surface area contributed by atoms with Crippen molar-refractivity contribution in [1.29, 1.82) is 0 Å². The maximum Gasteiger partial charge on any atom is 0.160 e. The average molecular weight is 863 g/mol. The largest absolute Gasteiger partial charge is 0.228 e. The SMILES string of the molecule is c1ccc(-c2ccc(-c3cc(-c4cccc(-c5ccccc5)c4)nc(-c4cc(-c5ccc6c7ccccc7c7ccccc7c6c5)cc(-c5cc6ccccc6c6ccccc56)c4)n3)cc2)cc1. The van der Waals surface area contributed by atoms with Crippen LogP contribution in [0.25, 0.3) is 132 Å². The van der Waals surface area contributed by atoms with Crippen molar-refractivity contribution in [3.63, 3.8) is 0 Å². The van der Waals surface area contributed by atoms with Crippen LogP contribution in [-0.2, 0) is 0 Å². The predicted molar refractivity (Wildman–Crippen MR) is 288 cm³/mol. The highest BCUT2D eigenvalue weighted by Crippen LogP contribution is 2.42. The Bertz CT molecular complexity index is 4030. The van der Waals surface area contributed by atoms with Crippen LogP contribution in [0.1, 0.15) is 0 Å². The minimum atomic E-state index is 0.667. The first-order valence-electron chi connectivity index (χ1n) is 23.3. The molecule has 0 fully saturated rings. The van der Waals surface area contributed by atoms with E-state index in [1.165, 1.54) is 65.0 Å². The molecule has 0 aliphatic carbocycles. The Morgan fingerprint density at radius 2 is 0.603 bits per heavy atom. The number of fused-ring (bicyclic) bond motifs is 9.